The van der Waals surface area contributed by atoms with Crippen molar-refractivity contribution in [2.45, 2.75) is 51.7 Å². The number of aryl methyl sites for hydroxylation is 1. The van der Waals surface area contributed by atoms with E-state index < -0.39 is 5.60 Å². The molecule has 1 aromatic carbocycles. The van der Waals surface area contributed by atoms with E-state index in [1.54, 1.807) is 48.9 Å². The highest BCUT2D eigenvalue weighted by Crippen LogP contribution is 2.37. The van der Waals surface area contributed by atoms with Crippen LogP contribution < -0.4 is 15.0 Å². The van der Waals surface area contributed by atoms with Gasteiger partial charge in [0.1, 0.15) is 11.6 Å². The molecule has 0 bridgehead atoms. The maximum absolute atomic E-state index is 13.4. The van der Waals surface area contributed by atoms with Gasteiger partial charge in [-0.2, -0.15) is 0 Å². The van der Waals surface area contributed by atoms with Gasteiger partial charge in [0, 0.05) is 30.4 Å². The Morgan fingerprint density at radius 1 is 1.25 bits per heavy atom. The number of carbonyl (C=O) groups excluding carboxylic acids is 3. The molecule has 9 nitrogen and oxygen atoms in total. The highest BCUT2D eigenvalue weighted by molar-refractivity contribution is 6.03. The summed E-state index contributed by atoms with van der Waals surface area (Å²) in [5, 5.41) is 2.83. The van der Waals surface area contributed by atoms with Crippen LogP contribution in [0.4, 0.5) is 11.5 Å². The number of amides is 3. The molecule has 5 rings (SSSR count). The number of nitrogens with one attached hydrogen (secondary N) is 1. The highest BCUT2D eigenvalue weighted by atomic mass is 16.5. The second-order valence-corrected chi connectivity index (χ2v) is 9.03. The zero-order valence-corrected chi connectivity index (χ0v) is 18.6. The van der Waals surface area contributed by atoms with E-state index in [9.17, 15) is 14.4 Å². The van der Waals surface area contributed by atoms with Gasteiger partial charge >= 0.3 is 0 Å². The zero-order valence-electron chi connectivity index (χ0n) is 18.6. The molecule has 9 heteroatoms. The monoisotopic (exact) mass is 435 g/mol. The highest BCUT2D eigenvalue weighted by Gasteiger charge is 2.38. The smallest absolute Gasteiger partial charge is 0.268 e. The van der Waals surface area contributed by atoms with Gasteiger partial charge in [-0.05, 0) is 51.8 Å². The number of hydrogen-bond acceptors (Lipinski definition) is 6. The average molecular weight is 435 g/mol. The molecular formula is C23H25N5O4. The molecule has 1 fully saturated rings. The zero-order chi connectivity index (χ0) is 22.8. The predicted molar refractivity (Wildman–Crippen MR) is 117 cm³/mol. The third-order valence-corrected chi connectivity index (χ3v) is 6.43. The van der Waals surface area contributed by atoms with Crippen molar-refractivity contribution in [3.8, 4) is 5.75 Å². The van der Waals surface area contributed by atoms with Gasteiger partial charge < -0.3 is 15.0 Å². The van der Waals surface area contributed by atoms with Crippen LogP contribution in [0.15, 0.2) is 18.2 Å². The van der Waals surface area contributed by atoms with Crippen LogP contribution in [-0.4, -0.2) is 51.8 Å². The van der Waals surface area contributed by atoms with Crippen molar-refractivity contribution in [1.82, 2.24) is 14.9 Å². The summed E-state index contributed by atoms with van der Waals surface area (Å²) in [7, 11) is 1.71. The molecule has 0 unspecified atom stereocenters. The molecular weight excluding hydrogens is 410 g/mol. The first-order valence-electron chi connectivity index (χ1n) is 10.7. The van der Waals surface area contributed by atoms with Gasteiger partial charge in [-0.15, -0.1) is 0 Å². The third kappa shape index (κ3) is 3.11. The Morgan fingerprint density at radius 2 is 2.03 bits per heavy atom. The molecule has 166 valence electrons. The minimum atomic E-state index is -0.962. The third-order valence-electron chi connectivity index (χ3n) is 6.43. The summed E-state index contributed by atoms with van der Waals surface area (Å²) in [5.41, 5.74) is 1.62. The molecule has 3 aliphatic heterocycles. The van der Waals surface area contributed by atoms with E-state index in [1.807, 2.05) is 6.92 Å². The average Bonchev–Trinajstić information content (AvgIpc) is 3.34. The van der Waals surface area contributed by atoms with Crippen LogP contribution >= 0.6 is 0 Å². The minimum Gasteiger partial charge on any atom is -0.476 e. The Balaban J connectivity index is 1.45. The van der Waals surface area contributed by atoms with E-state index in [0.29, 0.717) is 41.6 Å². The number of nitrogens with zero attached hydrogens (tertiary/aromatic N) is 4. The minimum absolute atomic E-state index is 0.00425. The van der Waals surface area contributed by atoms with Crippen LogP contribution in [0.25, 0.3) is 0 Å². The number of likely N-dealkylation sites (tertiary alicyclic amines) is 1. The van der Waals surface area contributed by atoms with Gasteiger partial charge in [-0.3, -0.25) is 19.3 Å². The predicted octanol–water partition coefficient (Wildman–Crippen LogP) is 2.39. The number of likely N-dealkylation sites (N-methyl/N-ethyl adjacent to an activating group) is 1. The van der Waals surface area contributed by atoms with Crippen LogP contribution in [0.1, 0.15) is 60.2 Å². The molecule has 0 aliphatic carbocycles. The van der Waals surface area contributed by atoms with Gasteiger partial charge in [0.15, 0.2) is 11.4 Å². The van der Waals surface area contributed by atoms with E-state index in [0.717, 1.165) is 24.1 Å². The maximum Gasteiger partial charge on any atom is 0.268 e. The van der Waals surface area contributed by atoms with Crippen molar-refractivity contribution in [3.63, 3.8) is 0 Å². The SMILES string of the molecule is Cc1nc([C@@H]2CCCN2C(=O)c2ccc3c(c2)NC(=O)C(C)(C)O3)nc2c1CC(=O)N2C. The van der Waals surface area contributed by atoms with E-state index in [4.69, 9.17) is 4.74 Å². The second-order valence-electron chi connectivity index (χ2n) is 9.03. The molecule has 32 heavy (non-hydrogen) atoms. The van der Waals surface area contributed by atoms with Gasteiger partial charge in [-0.25, -0.2) is 9.97 Å². The number of anilines is 2. The van der Waals surface area contributed by atoms with Gasteiger partial charge in [0.05, 0.1) is 18.2 Å². The van der Waals surface area contributed by atoms with E-state index in [-0.39, 0.29) is 23.8 Å². The van der Waals surface area contributed by atoms with Crippen molar-refractivity contribution in [1.29, 1.82) is 0 Å². The number of aromatic nitrogens is 2. The number of ether oxygens (including phenoxy) is 1. The number of rotatable bonds is 2. The Bertz CT molecular complexity index is 1180. The quantitative estimate of drug-likeness (QED) is 0.777. The summed E-state index contributed by atoms with van der Waals surface area (Å²) in [6.45, 7) is 5.86. The van der Waals surface area contributed by atoms with Crippen molar-refractivity contribution >= 4 is 29.2 Å². The molecule has 1 saturated heterocycles. The van der Waals surface area contributed by atoms with Crippen LogP contribution in [0.2, 0.25) is 0 Å². The van der Waals surface area contributed by atoms with Gasteiger partial charge in [0.2, 0.25) is 5.91 Å². The van der Waals surface area contributed by atoms with Crippen LogP contribution in [-0.2, 0) is 16.0 Å². The fourth-order valence-electron chi connectivity index (χ4n) is 4.51. The van der Waals surface area contributed by atoms with E-state index in [1.165, 1.54) is 0 Å². The maximum atomic E-state index is 13.4. The normalized spacial score (nSPS) is 21.2. The molecule has 0 saturated carbocycles. The molecule has 1 aromatic heterocycles. The molecule has 3 amide bonds. The van der Waals surface area contributed by atoms with Crippen molar-refractivity contribution in [2.75, 3.05) is 23.8 Å². The number of benzene rings is 1. The first-order valence-corrected chi connectivity index (χ1v) is 10.7. The van der Waals surface area contributed by atoms with Crippen LogP contribution in [0.3, 0.4) is 0 Å². The number of hydrogen-bond donors (Lipinski definition) is 1. The van der Waals surface area contributed by atoms with Crippen LogP contribution in [0.5, 0.6) is 5.75 Å². The second kappa shape index (κ2) is 7.01. The summed E-state index contributed by atoms with van der Waals surface area (Å²) < 4.78 is 5.77. The largest absolute Gasteiger partial charge is 0.476 e. The van der Waals surface area contributed by atoms with Crippen molar-refractivity contribution < 1.29 is 19.1 Å². The Morgan fingerprint density at radius 3 is 2.81 bits per heavy atom. The number of carbonyl (C=O) groups is 3. The summed E-state index contributed by atoms with van der Waals surface area (Å²) in [6.07, 6.45) is 1.90. The summed E-state index contributed by atoms with van der Waals surface area (Å²) >= 11 is 0. The molecule has 0 spiro atoms. The Kier molecular flexibility index (Phi) is 4.47. The first-order chi connectivity index (χ1) is 15.2. The van der Waals surface area contributed by atoms with Crippen molar-refractivity contribution in [3.05, 3.63) is 40.8 Å². The lowest BCUT2D eigenvalue weighted by molar-refractivity contribution is -0.129. The lowest BCUT2D eigenvalue weighted by atomic mass is 10.0. The lowest BCUT2D eigenvalue weighted by Gasteiger charge is -2.32. The van der Waals surface area contributed by atoms with E-state index in [2.05, 4.69) is 15.3 Å². The Hall–Kier alpha value is -3.49. The molecule has 3 aliphatic rings. The molecule has 2 aromatic rings. The molecule has 1 N–H and O–H groups in total. The molecule has 4 heterocycles. The molecule has 1 atom stereocenters. The van der Waals surface area contributed by atoms with Gasteiger partial charge in [-0.1, -0.05) is 0 Å². The topological polar surface area (TPSA) is 105 Å². The standard InChI is InChI=1S/C23H25N5O4/c1-12-14-11-18(29)27(4)20(14)26-19(24-12)16-6-5-9-28(16)21(30)13-7-8-17-15(10-13)25-22(31)23(2,3)32-17/h7-8,10,16H,5-6,9,11H2,1-4H3,(H,25,31)/t16-/m0/s1. The van der Waals surface area contributed by atoms with Gasteiger partial charge in [0.25, 0.3) is 11.8 Å². The van der Waals surface area contributed by atoms with Crippen LogP contribution in [0, 0.1) is 6.92 Å². The Labute approximate surface area is 185 Å². The fourth-order valence-corrected chi connectivity index (χ4v) is 4.51. The number of fused-ring (bicyclic) bond motifs is 2. The van der Waals surface area contributed by atoms with Crippen molar-refractivity contribution in [2.24, 2.45) is 0 Å². The first kappa shape index (κ1) is 20.4. The summed E-state index contributed by atoms with van der Waals surface area (Å²) in [4.78, 5) is 50.4. The summed E-state index contributed by atoms with van der Waals surface area (Å²) in [5.74, 6) is 1.32. The lowest BCUT2D eigenvalue weighted by Crippen LogP contribution is -2.45. The van der Waals surface area contributed by atoms with E-state index >= 15 is 0 Å². The molecule has 0 radical (unpaired) electrons. The summed E-state index contributed by atoms with van der Waals surface area (Å²) in [6, 6.07) is 4.81. The fraction of sp³-hybridized carbons (Fsp3) is 0.435.